The first kappa shape index (κ1) is 13.8. The van der Waals surface area contributed by atoms with Gasteiger partial charge in [-0.1, -0.05) is 23.7 Å². The largest absolute Gasteiger partial charge is 0.496 e. The predicted molar refractivity (Wildman–Crippen MR) is 77.6 cm³/mol. The summed E-state index contributed by atoms with van der Waals surface area (Å²) in [6.07, 6.45) is 2.46. The second-order valence-electron chi connectivity index (χ2n) is 4.46. The molecule has 0 radical (unpaired) electrons. The molecule has 3 nitrogen and oxygen atoms in total. The SMILES string of the molecule is COc1cc(Cl)ccc1C(N)Cc1ncccc1C. The van der Waals surface area contributed by atoms with Gasteiger partial charge in [-0.3, -0.25) is 4.98 Å². The normalized spacial score (nSPS) is 12.2. The van der Waals surface area contributed by atoms with Crippen LogP contribution >= 0.6 is 11.6 Å². The van der Waals surface area contributed by atoms with Crippen LogP contribution < -0.4 is 10.5 Å². The highest BCUT2D eigenvalue weighted by molar-refractivity contribution is 6.30. The van der Waals surface area contributed by atoms with E-state index in [2.05, 4.69) is 4.98 Å². The van der Waals surface area contributed by atoms with E-state index in [9.17, 15) is 0 Å². The van der Waals surface area contributed by atoms with Crippen LogP contribution in [0.4, 0.5) is 0 Å². The highest BCUT2D eigenvalue weighted by Gasteiger charge is 2.14. The molecule has 1 aromatic carbocycles. The van der Waals surface area contributed by atoms with E-state index < -0.39 is 0 Å². The maximum absolute atomic E-state index is 6.26. The fourth-order valence-electron chi connectivity index (χ4n) is 2.04. The summed E-state index contributed by atoms with van der Waals surface area (Å²) < 4.78 is 5.33. The van der Waals surface area contributed by atoms with Crippen LogP contribution in [0.5, 0.6) is 5.75 Å². The van der Waals surface area contributed by atoms with Crippen molar-refractivity contribution in [3.8, 4) is 5.75 Å². The lowest BCUT2D eigenvalue weighted by Crippen LogP contribution is -2.15. The highest BCUT2D eigenvalue weighted by Crippen LogP contribution is 2.29. The molecule has 100 valence electrons. The summed E-state index contributed by atoms with van der Waals surface area (Å²) in [6.45, 7) is 2.04. The molecule has 2 aromatic rings. The molecule has 0 aliphatic heterocycles. The van der Waals surface area contributed by atoms with Gasteiger partial charge in [0.25, 0.3) is 0 Å². The second-order valence-corrected chi connectivity index (χ2v) is 4.90. The van der Waals surface area contributed by atoms with Gasteiger partial charge in [0.15, 0.2) is 0 Å². The average molecular weight is 277 g/mol. The number of methoxy groups -OCH3 is 1. The number of nitrogens with two attached hydrogens (primary N) is 1. The smallest absolute Gasteiger partial charge is 0.125 e. The molecule has 0 amide bonds. The Labute approximate surface area is 118 Å². The second kappa shape index (κ2) is 6.04. The van der Waals surface area contributed by atoms with Gasteiger partial charge in [-0.15, -0.1) is 0 Å². The van der Waals surface area contributed by atoms with Crippen LogP contribution in [0.2, 0.25) is 5.02 Å². The molecule has 1 atom stereocenters. The molecular weight excluding hydrogens is 260 g/mol. The van der Waals surface area contributed by atoms with Crippen molar-refractivity contribution in [2.24, 2.45) is 5.73 Å². The summed E-state index contributed by atoms with van der Waals surface area (Å²) >= 11 is 5.95. The third kappa shape index (κ3) is 3.25. The fourth-order valence-corrected chi connectivity index (χ4v) is 2.20. The molecule has 0 fully saturated rings. The molecule has 0 bridgehead atoms. The molecule has 1 unspecified atom stereocenters. The van der Waals surface area contributed by atoms with E-state index in [1.807, 2.05) is 31.2 Å². The third-order valence-corrected chi connectivity index (χ3v) is 3.36. The number of hydrogen-bond acceptors (Lipinski definition) is 3. The van der Waals surface area contributed by atoms with E-state index >= 15 is 0 Å². The Hall–Kier alpha value is -1.58. The molecule has 0 aliphatic rings. The van der Waals surface area contributed by atoms with Gasteiger partial charge in [0.2, 0.25) is 0 Å². The van der Waals surface area contributed by atoms with Crippen LogP contribution in [0, 0.1) is 6.92 Å². The van der Waals surface area contributed by atoms with Crippen molar-refractivity contribution in [1.29, 1.82) is 0 Å². The number of hydrogen-bond donors (Lipinski definition) is 1. The van der Waals surface area contributed by atoms with Crippen LogP contribution in [-0.2, 0) is 6.42 Å². The van der Waals surface area contributed by atoms with Crippen LogP contribution in [0.3, 0.4) is 0 Å². The third-order valence-electron chi connectivity index (χ3n) is 3.13. The molecule has 1 aromatic heterocycles. The number of pyridine rings is 1. The number of aromatic nitrogens is 1. The van der Waals surface area contributed by atoms with Gasteiger partial charge < -0.3 is 10.5 Å². The lowest BCUT2D eigenvalue weighted by Gasteiger charge is -2.16. The minimum absolute atomic E-state index is 0.166. The molecule has 19 heavy (non-hydrogen) atoms. The number of nitrogens with zero attached hydrogens (tertiary/aromatic N) is 1. The summed E-state index contributed by atoms with van der Waals surface area (Å²) in [7, 11) is 1.62. The van der Waals surface area contributed by atoms with E-state index in [0.29, 0.717) is 17.2 Å². The maximum Gasteiger partial charge on any atom is 0.125 e. The molecule has 0 aliphatic carbocycles. The van der Waals surface area contributed by atoms with Gasteiger partial charge in [0.1, 0.15) is 5.75 Å². The minimum atomic E-state index is -0.166. The van der Waals surface area contributed by atoms with E-state index in [4.69, 9.17) is 22.1 Å². The maximum atomic E-state index is 6.26. The van der Waals surface area contributed by atoms with E-state index in [1.165, 1.54) is 0 Å². The summed E-state index contributed by atoms with van der Waals surface area (Å²) in [6, 6.07) is 9.30. The number of ether oxygens (including phenoxy) is 1. The number of halogens is 1. The van der Waals surface area contributed by atoms with Crippen LogP contribution in [0.25, 0.3) is 0 Å². The van der Waals surface area contributed by atoms with Crippen molar-refractivity contribution in [2.45, 2.75) is 19.4 Å². The van der Waals surface area contributed by atoms with Crippen molar-refractivity contribution >= 4 is 11.6 Å². The molecule has 0 spiro atoms. The fraction of sp³-hybridized carbons (Fsp3) is 0.267. The van der Waals surface area contributed by atoms with E-state index in [-0.39, 0.29) is 6.04 Å². The first-order chi connectivity index (χ1) is 9.11. The lowest BCUT2D eigenvalue weighted by atomic mass is 10.00. The molecule has 0 saturated carbocycles. The number of aryl methyl sites for hydroxylation is 1. The number of benzene rings is 1. The first-order valence-corrected chi connectivity index (χ1v) is 6.49. The van der Waals surface area contributed by atoms with Crippen LogP contribution in [0.1, 0.15) is 22.9 Å². The van der Waals surface area contributed by atoms with Crippen molar-refractivity contribution in [2.75, 3.05) is 7.11 Å². The minimum Gasteiger partial charge on any atom is -0.496 e. The molecule has 2 rings (SSSR count). The lowest BCUT2D eigenvalue weighted by molar-refractivity contribution is 0.405. The predicted octanol–water partition coefficient (Wildman–Crippen LogP) is 3.29. The van der Waals surface area contributed by atoms with Gasteiger partial charge in [-0.25, -0.2) is 0 Å². The Morgan fingerprint density at radius 2 is 2.16 bits per heavy atom. The summed E-state index contributed by atoms with van der Waals surface area (Å²) in [5, 5.41) is 0.641. The Morgan fingerprint density at radius 1 is 1.37 bits per heavy atom. The zero-order valence-electron chi connectivity index (χ0n) is 11.1. The Bertz CT molecular complexity index is 572. The van der Waals surface area contributed by atoms with E-state index in [0.717, 1.165) is 16.8 Å². The Kier molecular flexibility index (Phi) is 4.40. The topological polar surface area (TPSA) is 48.1 Å². The van der Waals surface area contributed by atoms with Crippen molar-refractivity contribution in [3.05, 3.63) is 58.4 Å². The Morgan fingerprint density at radius 3 is 2.84 bits per heavy atom. The van der Waals surface area contributed by atoms with Gasteiger partial charge in [-0.2, -0.15) is 0 Å². The van der Waals surface area contributed by atoms with Crippen molar-refractivity contribution in [3.63, 3.8) is 0 Å². The molecule has 2 N–H and O–H groups in total. The van der Waals surface area contributed by atoms with Gasteiger partial charge in [0, 0.05) is 34.9 Å². The summed E-state index contributed by atoms with van der Waals surface area (Å²) in [5.41, 5.74) is 9.35. The molecular formula is C15H17ClN2O. The first-order valence-electron chi connectivity index (χ1n) is 6.11. The van der Waals surface area contributed by atoms with Gasteiger partial charge in [0.05, 0.1) is 7.11 Å². The van der Waals surface area contributed by atoms with Crippen molar-refractivity contribution in [1.82, 2.24) is 4.98 Å². The molecule has 4 heteroatoms. The van der Waals surface area contributed by atoms with Gasteiger partial charge >= 0.3 is 0 Å². The summed E-state index contributed by atoms with van der Waals surface area (Å²) in [5.74, 6) is 0.716. The quantitative estimate of drug-likeness (QED) is 0.932. The molecule has 1 heterocycles. The monoisotopic (exact) mass is 276 g/mol. The average Bonchev–Trinajstić information content (AvgIpc) is 2.41. The van der Waals surface area contributed by atoms with Crippen LogP contribution in [-0.4, -0.2) is 12.1 Å². The summed E-state index contributed by atoms with van der Waals surface area (Å²) in [4.78, 5) is 4.37. The van der Waals surface area contributed by atoms with Crippen molar-refractivity contribution < 1.29 is 4.74 Å². The Balaban J connectivity index is 2.25. The van der Waals surface area contributed by atoms with Crippen LogP contribution in [0.15, 0.2) is 36.5 Å². The molecule has 0 saturated heterocycles. The number of rotatable bonds is 4. The highest BCUT2D eigenvalue weighted by atomic mass is 35.5. The van der Waals surface area contributed by atoms with E-state index in [1.54, 1.807) is 19.4 Å². The standard InChI is InChI=1S/C15H17ClN2O/c1-10-4-3-7-18-14(10)9-13(17)12-6-5-11(16)8-15(12)19-2/h3-8,13H,9,17H2,1-2H3. The zero-order valence-corrected chi connectivity index (χ0v) is 11.8. The van der Waals surface area contributed by atoms with Gasteiger partial charge in [-0.05, 0) is 30.7 Å². The zero-order chi connectivity index (χ0) is 13.8.